The fraction of sp³-hybridized carbons (Fsp3) is 0.267. The number of carbonyl (C=O) groups is 1. The molecule has 0 saturated carbocycles. The lowest BCUT2D eigenvalue weighted by Gasteiger charge is -2.08. The standard InChI is InChI=1S/C15H15Cl2NO5S/c1-18(2)24(20,21)15-6-4-11(23-15)9-22-14(19)8-10-3-5-12(16)13(17)7-10/h3-7H,8-9H2,1-2H3. The Bertz CT molecular complexity index is 845. The van der Waals surface area contributed by atoms with E-state index in [0.717, 1.165) is 4.31 Å². The molecule has 0 radical (unpaired) electrons. The molecule has 1 aromatic carbocycles. The van der Waals surface area contributed by atoms with Crippen molar-refractivity contribution in [2.45, 2.75) is 18.1 Å². The summed E-state index contributed by atoms with van der Waals surface area (Å²) in [6.07, 6.45) is 0.0143. The highest BCUT2D eigenvalue weighted by molar-refractivity contribution is 7.88. The van der Waals surface area contributed by atoms with E-state index in [1.54, 1.807) is 18.2 Å². The zero-order valence-electron chi connectivity index (χ0n) is 13.0. The third-order valence-electron chi connectivity index (χ3n) is 3.08. The minimum Gasteiger partial charge on any atom is -0.457 e. The van der Waals surface area contributed by atoms with Gasteiger partial charge in [0.25, 0.3) is 10.0 Å². The summed E-state index contributed by atoms with van der Waals surface area (Å²) in [4.78, 5) is 11.8. The Labute approximate surface area is 150 Å². The molecule has 0 aliphatic rings. The van der Waals surface area contributed by atoms with Crippen molar-refractivity contribution in [3.8, 4) is 0 Å². The third kappa shape index (κ3) is 4.51. The molecule has 9 heteroatoms. The molecule has 6 nitrogen and oxygen atoms in total. The third-order valence-corrected chi connectivity index (χ3v) is 5.51. The Morgan fingerprint density at radius 2 is 1.88 bits per heavy atom. The molecule has 0 aliphatic heterocycles. The number of halogens is 2. The molecule has 1 aromatic heterocycles. The number of esters is 1. The predicted molar refractivity (Wildman–Crippen MR) is 89.5 cm³/mol. The molecular weight excluding hydrogens is 377 g/mol. The second kappa shape index (κ2) is 7.57. The minimum absolute atomic E-state index is 0.0143. The van der Waals surface area contributed by atoms with Crippen LogP contribution < -0.4 is 0 Å². The summed E-state index contributed by atoms with van der Waals surface area (Å²) >= 11 is 11.7. The van der Waals surface area contributed by atoms with E-state index in [-0.39, 0.29) is 23.9 Å². The van der Waals surface area contributed by atoms with Gasteiger partial charge in [-0.2, -0.15) is 0 Å². The van der Waals surface area contributed by atoms with E-state index in [9.17, 15) is 13.2 Å². The first-order valence-electron chi connectivity index (χ1n) is 6.81. The van der Waals surface area contributed by atoms with E-state index in [1.807, 2.05) is 0 Å². The van der Waals surface area contributed by atoms with Crippen LogP contribution in [0.1, 0.15) is 11.3 Å². The summed E-state index contributed by atoms with van der Waals surface area (Å²) < 4.78 is 35.1. The molecule has 1 heterocycles. The lowest BCUT2D eigenvalue weighted by molar-refractivity contribution is -0.144. The average Bonchev–Trinajstić information content (AvgIpc) is 2.98. The van der Waals surface area contributed by atoms with Crippen molar-refractivity contribution < 1.29 is 22.4 Å². The number of hydrogen-bond donors (Lipinski definition) is 0. The highest BCUT2D eigenvalue weighted by atomic mass is 35.5. The molecule has 0 N–H and O–H groups in total. The zero-order valence-corrected chi connectivity index (χ0v) is 15.3. The zero-order chi connectivity index (χ0) is 17.9. The van der Waals surface area contributed by atoms with Gasteiger partial charge in [0.2, 0.25) is 5.09 Å². The van der Waals surface area contributed by atoms with Gasteiger partial charge in [-0.3, -0.25) is 4.79 Å². The molecule has 24 heavy (non-hydrogen) atoms. The van der Waals surface area contributed by atoms with Gasteiger partial charge >= 0.3 is 5.97 Å². The second-order valence-corrected chi connectivity index (χ2v) is 7.99. The molecule has 0 atom stereocenters. The Balaban J connectivity index is 1.95. The number of ether oxygens (including phenoxy) is 1. The van der Waals surface area contributed by atoms with Gasteiger partial charge in [0.15, 0.2) is 0 Å². The van der Waals surface area contributed by atoms with Crippen LogP contribution >= 0.6 is 23.2 Å². The predicted octanol–water partition coefficient (Wildman–Crippen LogP) is 3.12. The van der Waals surface area contributed by atoms with Gasteiger partial charge in [0.1, 0.15) is 12.4 Å². The topological polar surface area (TPSA) is 76.8 Å². The van der Waals surface area contributed by atoms with Gasteiger partial charge < -0.3 is 9.15 Å². The van der Waals surface area contributed by atoms with Crippen LogP contribution in [0.5, 0.6) is 0 Å². The number of sulfonamides is 1. The molecule has 0 fully saturated rings. The summed E-state index contributed by atoms with van der Waals surface area (Å²) in [5.41, 5.74) is 0.657. The maximum atomic E-state index is 11.9. The minimum atomic E-state index is -3.65. The number of benzene rings is 1. The van der Waals surface area contributed by atoms with E-state index in [0.29, 0.717) is 15.6 Å². The first kappa shape index (κ1) is 18.8. The van der Waals surface area contributed by atoms with Crippen molar-refractivity contribution in [1.82, 2.24) is 4.31 Å². The normalized spacial score (nSPS) is 11.7. The molecule has 0 aliphatic carbocycles. The fourth-order valence-corrected chi connectivity index (χ4v) is 2.91. The van der Waals surface area contributed by atoms with E-state index in [1.165, 1.54) is 26.2 Å². The quantitative estimate of drug-likeness (QED) is 0.706. The molecule has 2 rings (SSSR count). The van der Waals surface area contributed by atoms with Crippen LogP contribution in [0.15, 0.2) is 39.8 Å². The molecule has 0 unspecified atom stereocenters. The highest BCUT2D eigenvalue weighted by Crippen LogP contribution is 2.23. The number of rotatable bonds is 6. The number of hydrogen-bond acceptors (Lipinski definition) is 5. The molecular formula is C15H15Cl2NO5S. The van der Waals surface area contributed by atoms with Crippen LogP contribution in [-0.4, -0.2) is 32.8 Å². The van der Waals surface area contributed by atoms with Crippen molar-refractivity contribution in [3.05, 3.63) is 51.7 Å². The molecule has 0 bridgehead atoms. The summed E-state index contributed by atoms with van der Waals surface area (Å²) in [6.45, 7) is -0.164. The Kier molecular flexibility index (Phi) is 5.92. The van der Waals surface area contributed by atoms with Crippen LogP contribution in [0.3, 0.4) is 0 Å². The maximum Gasteiger partial charge on any atom is 0.310 e. The van der Waals surface area contributed by atoms with Gasteiger partial charge in [-0.15, -0.1) is 0 Å². The molecule has 0 saturated heterocycles. The molecule has 0 amide bonds. The number of carbonyl (C=O) groups excluding carboxylic acids is 1. The van der Waals surface area contributed by atoms with Gasteiger partial charge in [0, 0.05) is 14.1 Å². The lowest BCUT2D eigenvalue weighted by Crippen LogP contribution is -2.21. The average molecular weight is 392 g/mol. The van der Waals surface area contributed by atoms with Crippen molar-refractivity contribution in [2.24, 2.45) is 0 Å². The fourth-order valence-electron chi connectivity index (χ4n) is 1.77. The number of nitrogens with zero attached hydrogens (tertiary/aromatic N) is 1. The van der Waals surface area contributed by atoms with E-state index in [2.05, 4.69) is 0 Å². The lowest BCUT2D eigenvalue weighted by atomic mass is 10.1. The summed E-state index contributed by atoms with van der Waals surface area (Å²) in [5, 5.41) is 0.550. The van der Waals surface area contributed by atoms with Crippen LogP contribution in [0.25, 0.3) is 0 Å². The van der Waals surface area contributed by atoms with Crippen molar-refractivity contribution in [1.29, 1.82) is 0 Å². The van der Waals surface area contributed by atoms with Gasteiger partial charge in [-0.25, -0.2) is 12.7 Å². The Morgan fingerprint density at radius 1 is 1.17 bits per heavy atom. The first-order valence-corrected chi connectivity index (χ1v) is 9.00. The van der Waals surface area contributed by atoms with Crippen molar-refractivity contribution in [3.63, 3.8) is 0 Å². The molecule has 130 valence electrons. The van der Waals surface area contributed by atoms with Crippen molar-refractivity contribution >= 4 is 39.2 Å². The Morgan fingerprint density at radius 3 is 2.50 bits per heavy atom. The molecule has 0 spiro atoms. The van der Waals surface area contributed by atoms with Gasteiger partial charge in [-0.05, 0) is 29.8 Å². The molecule has 2 aromatic rings. The van der Waals surface area contributed by atoms with Crippen LogP contribution in [0, 0.1) is 0 Å². The summed E-state index contributed by atoms with van der Waals surface area (Å²) in [5.74, 6) is -0.264. The van der Waals surface area contributed by atoms with Gasteiger partial charge in [0.05, 0.1) is 16.5 Å². The van der Waals surface area contributed by atoms with Crippen molar-refractivity contribution in [2.75, 3.05) is 14.1 Å². The first-order chi connectivity index (χ1) is 11.2. The van der Waals surface area contributed by atoms with E-state index >= 15 is 0 Å². The Hall–Kier alpha value is -1.54. The van der Waals surface area contributed by atoms with E-state index in [4.69, 9.17) is 32.4 Å². The van der Waals surface area contributed by atoms with Crippen LogP contribution in [0.2, 0.25) is 10.0 Å². The van der Waals surface area contributed by atoms with Gasteiger partial charge in [-0.1, -0.05) is 29.3 Å². The van der Waals surface area contributed by atoms with Crippen LogP contribution in [-0.2, 0) is 32.6 Å². The monoisotopic (exact) mass is 391 g/mol. The second-order valence-electron chi connectivity index (χ2n) is 5.09. The number of furan rings is 1. The highest BCUT2D eigenvalue weighted by Gasteiger charge is 2.21. The summed E-state index contributed by atoms with van der Waals surface area (Å²) in [7, 11) is -0.858. The largest absolute Gasteiger partial charge is 0.457 e. The van der Waals surface area contributed by atoms with Crippen LogP contribution in [0.4, 0.5) is 0 Å². The van der Waals surface area contributed by atoms with E-state index < -0.39 is 16.0 Å². The SMILES string of the molecule is CN(C)S(=O)(=O)c1ccc(COC(=O)Cc2ccc(Cl)c(Cl)c2)o1. The smallest absolute Gasteiger partial charge is 0.310 e. The summed E-state index contributed by atoms with van der Waals surface area (Å²) in [6, 6.07) is 7.61. The maximum absolute atomic E-state index is 11.9.